The van der Waals surface area contributed by atoms with Gasteiger partial charge in [0.05, 0.1) is 17.7 Å². The SMILES string of the molecule is Cc1ccc(C(c2ccsc2)N2CCCC(C(=O)O)C2)nc1. The third kappa shape index (κ3) is 3.20. The van der Waals surface area contributed by atoms with Crippen LogP contribution in [-0.4, -0.2) is 34.0 Å². The molecule has 3 heterocycles. The number of likely N-dealkylation sites (tertiary alicyclic amines) is 1. The Morgan fingerprint density at radius 2 is 2.32 bits per heavy atom. The van der Waals surface area contributed by atoms with Crippen molar-refractivity contribution in [3.05, 3.63) is 52.0 Å². The third-order valence-electron chi connectivity index (χ3n) is 4.24. The number of carbonyl (C=O) groups is 1. The van der Waals surface area contributed by atoms with Crippen LogP contribution in [0, 0.1) is 12.8 Å². The van der Waals surface area contributed by atoms with Gasteiger partial charge >= 0.3 is 5.97 Å². The average molecular weight is 316 g/mol. The van der Waals surface area contributed by atoms with Crippen molar-refractivity contribution in [2.75, 3.05) is 13.1 Å². The van der Waals surface area contributed by atoms with Crippen LogP contribution >= 0.6 is 11.3 Å². The molecular weight excluding hydrogens is 296 g/mol. The molecule has 2 atom stereocenters. The molecule has 1 N–H and O–H groups in total. The number of hydrogen-bond acceptors (Lipinski definition) is 4. The Morgan fingerprint density at radius 1 is 1.45 bits per heavy atom. The van der Waals surface area contributed by atoms with Crippen molar-refractivity contribution in [3.8, 4) is 0 Å². The molecule has 0 radical (unpaired) electrons. The summed E-state index contributed by atoms with van der Waals surface area (Å²) in [6, 6.07) is 6.29. The Balaban J connectivity index is 1.92. The van der Waals surface area contributed by atoms with Crippen LogP contribution in [0.2, 0.25) is 0 Å². The molecule has 1 aliphatic heterocycles. The lowest BCUT2D eigenvalue weighted by Gasteiger charge is -2.36. The third-order valence-corrected chi connectivity index (χ3v) is 4.94. The number of rotatable bonds is 4. The minimum Gasteiger partial charge on any atom is -0.481 e. The zero-order valence-corrected chi connectivity index (χ0v) is 13.4. The lowest BCUT2D eigenvalue weighted by Crippen LogP contribution is -2.41. The van der Waals surface area contributed by atoms with Crippen LogP contribution in [0.3, 0.4) is 0 Å². The van der Waals surface area contributed by atoms with Crippen molar-refractivity contribution < 1.29 is 9.90 Å². The quantitative estimate of drug-likeness (QED) is 0.940. The highest BCUT2D eigenvalue weighted by atomic mass is 32.1. The Labute approximate surface area is 134 Å². The topological polar surface area (TPSA) is 53.4 Å². The largest absolute Gasteiger partial charge is 0.481 e. The zero-order chi connectivity index (χ0) is 15.5. The summed E-state index contributed by atoms with van der Waals surface area (Å²) in [7, 11) is 0. The first-order valence-electron chi connectivity index (χ1n) is 7.56. The van der Waals surface area contributed by atoms with E-state index >= 15 is 0 Å². The van der Waals surface area contributed by atoms with Gasteiger partial charge in [0.25, 0.3) is 0 Å². The van der Waals surface area contributed by atoms with E-state index in [-0.39, 0.29) is 12.0 Å². The number of nitrogens with zero attached hydrogens (tertiary/aromatic N) is 2. The van der Waals surface area contributed by atoms with E-state index in [1.165, 1.54) is 5.56 Å². The summed E-state index contributed by atoms with van der Waals surface area (Å²) >= 11 is 1.67. The summed E-state index contributed by atoms with van der Waals surface area (Å²) < 4.78 is 0. The Kier molecular flexibility index (Phi) is 4.55. The second kappa shape index (κ2) is 6.58. The van der Waals surface area contributed by atoms with Gasteiger partial charge in [0.2, 0.25) is 0 Å². The summed E-state index contributed by atoms with van der Waals surface area (Å²) in [6.45, 7) is 3.53. The maximum Gasteiger partial charge on any atom is 0.307 e. The lowest BCUT2D eigenvalue weighted by molar-refractivity contribution is -0.143. The number of aliphatic carboxylic acids is 1. The Morgan fingerprint density at radius 3 is 2.95 bits per heavy atom. The van der Waals surface area contributed by atoms with Crippen molar-refractivity contribution in [1.82, 2.24) is 9.88 Å². The molecule has 1 aliphatic rings. The molecule has 2 aromatic heterocycles. The van der Waals surface area contributed by atoms with Gasteiger partial charge in [-0.3, -0.25) is 14.7 Å². The van der Waals surface area contributed by atoms with Crippen LogP contribution in [-0.2, 0) is 4.79 Å². The summed E-state index contributed by atoms with van der Waals surface area (Å²) in [5.74, 6) is -0.967. The van der Waals surface area contributed by atoms with E-state index in [1.54, 1.807) is 11.3 Å². The molecule has 5 heteroatoms. The van der Waals surface area contributed by atoms with Crippen LogP contribution < -0.4 is 0 Å². The number of piperidine rings is 1. The van der Waals surface area contributed by atoms with Crippen molar-refractivity contribution in [1.29, 1.82) is 0 Å². The van der Waals surface area contributed by atoms with Crippen molar-refractivity contribution in [3.63, 3.8) is 0 Å². The van der Waals surface area contributed by atoms with E-state index in [9.17, 15) is 9.90 Å². The highest BCUT2D eigenvalue weighted by Crippen LogP contribution is 2.32. The molecule has 0 saturated carbocycles. The van der Waals surface area contributed by atoms with Crippen molar-refractivity contribution in [2.24, 2.45) is 5.92 Å². The standard InChI is InChI=1S/C17H20N2O2S/c1-12-4-5-15(18-9-12)16(14-6-8-22-11-14)19-7-2-3-13(10-19)17(20)21/h4-6,8-9,11,13,16H,2-3,7,10H2,1H3,(H,20,21). The fourth-order valence-electron chi connectivity index (χ4n) is 3.08. The van der Waals surface area contributed by atoms with Gasteiger partial charge in [0.15, 0.2) is 0 Å². The van der Waals surface area contributed by atoms with Gasteiger partial charge in [0, 0.05) is 12.7 Å². The van der Waals surface area contributed by atoms with Gasteiger partial charge in [-0.05, 0) is 60.3 Å². The Hall–Kier alpha value is -1.72. The van der Waals surface area contributed by atoms with Crippen LogP contribution in [0.25, 0.3) is 0 Å². The molecule has 1 saturated heterocycles. The van der Waals surface area contributed by atoms with Gasteiger partial charge in [0.1, 0.15) is 0 Å². The maximum atomic E-state index is 11.3. The molecule has 22 heavy (non-hydrogen) atoms. The number of hydrogen-bond donors (Lipinski definition) is 1. The first kappa shape index (κ1) is 15.2. The van der Waals surface area contributed by atoms with E-state index in [2.05, 4.69) is 38.8 Å². The minimum atomic E-state index is -0.689. The number of carboxylic acid groups (broad SMARTS) is 1. The van der Waals surface area contributed by atoms with E-state index in [0.29, 0.717) is 6.54 Å². The molecular formula is C17H20N2O2S. The number of aromatic nitrogens is 1. The van der Waals surface area contributed by atoms with Crippen LogP contribution in [0.5, 0.6) is 0 Å². The van der Waals surface area contributed by atoms with Gasteiger partial charge < -0.3 is 5.11 Å². The van der Waals surface area contributed by atoms with E-state index in [0.717, 1.165) is 30.6 Å². The summed E-state index contributed by atoms with van der Waals surface area (Å²) in [6.07, 6.45) is 3.57. The van der Waals surface area contributed by atoms with E-state index < -0.39 is 5.97 Å². The molecule has 116 valence electrons. The second-order valence-corrected chi connectivity index (χ2v) is 6.67. The normalized spacial score (nSPS) is 20.7. The van der Waals surface area contributed by atoms with E-state index in [1.807, 2.05) is 13.1 Å². The molecule has 0 bridgehead atoms. The van der Waals surface area contributed by atoms with Crippen LogP contribution in [0.15, 0.2) is 35.2 Å². The van der Waals surface area contributed by atoms with Gasteiger partial charge in [-0.25, -0.2) is 0 Å². The van der Waals surface area contributed by atoms with Gasteiger partial charge in [-0.1, -0.05) is 6.07 Å². The monoisotopic (exact) mass is 316 g/mol. The summed E-state index contributed by atoms with van der Waals surface area (Å²) in [5, 5.41) is 13.5. The number of aryl methyl sites for hydroxylation is 1. The molecule has 2 unspecified atom stereocenters. The predicted molar refractivity (Wildman–Crippen MR) is 87.1 cm³/mol. The molecule has 2 aromatic rings. The maximum absolute atomic E-state index is 11.3. The average Bonchev–Trinajstić information content (AvgIpc) is 3.04. The predicted octanol–water partition coefficient (Wildman–Crippen LogP) is 3.34. The highest BCUT2D eigenvalue weighted by molar-refractivity contribution is 7.08. The fraction of sp³-hybridized carbons (Fsp3) is 0.412. The number of pyridine rings is 1. The number of carboxylic acids is 1. The van der Waals surface area contributed by atoms with Crippen molar-refractivity contribution in [2.45, 2.75) is 25.8 Å². The summed E-state index contributed by atoms with van der Waals surface area (Å²) in [4.78, 5) is 18.2. The smallest absolute Gasteiger partial charge is 0.307 e. The lowest BCUT2D eigenvalue weighted by atomic mass is 9.94. The molecule has 0 aromatic carbocycles. The van der Waals surface area contributed by atoms with Gasteiger partial charge in [-0.15, -0.1) is 0 Å². The second-order valence-electron chi connectivity index (χ2n) is 5.89. The first-order valence-corrected chi connectivity index (χ1v) is 8.51. The molecule has 1 fully saturated rings. The zero-order valence-electron chi connectivity index (χ0n) is 12.6. The molecule has 0 amide bonds. The molecule has 4 nitrogen and oxygen atoms in total. The molecule has 0 spiro atoms. The van der Waals surface area contributed by atoms with Gasteiger partial charge in [-0.2, -0.15) is 11.3 Å². The number of thiophene rings is 1. The van der Waals surface area contributed by atoms with Crippen LogP contribution in [0.1, 0.15) is 35.7 Å². The fourth-order valence-corrected chi connectivity index (χ4v) is 3.76. The summed E-state index contributed by atoms with van der Waals surface area (Å²) in [5.41, 5.74) is 3.33. The van der Waals surface area contributed by atoms with Crippen molar-refractivity contribution >= 4 is 17.3 Å². The molecule has 3 rings (SSSR count). The minimum absolute atomic E-state index is 0.0500. The van der Waals surface area contributed by atoms with Crippen LogP contribution in [0.4, 0.5) is 0 Å². The molecule has 0 aliphatic carbocycles. The highest BCUT2D eigenvalue weighted by Gasteiger charge is 2.31. The van der Waals surface area contributed by atoms with E-state index in [4.69, 9.17) is 0 Å². The Bertz CT molecular complexity index is 625. The first-order chi connectivity index (χ1) is 10.6.